The second kappa shape index (κ2) is 7.36. The Hall–Kier alpha value is -1.94. The van der Waals surface area contributed by atoms with Crippen molar-refractivity contribution in [3.63, 3.8) is 0 Å². The molecular weight excluding hydrogens is 292 g/mol. The number of benzene rings is 1. The number of hydrogen-bond acceptors (Lipinski definition) is 3. The van der Waals surface area contributed by atoms with Gasteiger partial charge in [0.15, 0.2) is 0 Å². The number of nitrogens with one attached hydrogen (secondary N) is 1. The highest BCUT2D eigenvalue weighted by Crippen LogP contribution is 2.18. The van der Waals surface area contributed by atoms with E-state index in [1.165, 1.54) is 5.56 Å². The van der Waals surface area contributed by atoms with Crippen LogP contribution in [0.4, 0.5) is 0 Å². The number of nitrogens with zero attached hydrogens (tertiary/aromatic N) is 1. The van der Waals surface area contributed by atoms with Crippen LogP contribution < -0.4 is 5.32 Å². The first-order valence-electron chi connectivity index (χ1n) is 7.73. The number of carbonyl (C=O) groups excluding carboxylic acids is 1. The predicted molar refractivity (Wildman–Crippen MR) is 90.2 cm³/mol. The van der Waals surface area contributed by atoms with Crippen molar-refractivity contribution in [1.29, 1.82) is 0 Å². The summed E-state index contributed by atoms with van der Waals surface area (Å²) in [5, 5.41) is 5.86. The molecule has 0 bridgehead atoms. The van der Waals surface area contributed by atoms with Crippen molar-refractivity contribution in [2.45, 2.75) is 25.7 Å². The topological polar surface area (TPSA) is 42.0 Å². The molecule has 3 rings (SSSR count). The molecule has 114 valence electrons. The number of hydrogen-bond donors (Lipinski definition) is 1. The lowest BCUT2D eigenvalue weighted by Gasteiger charge is -2.17. The van der Waals surface area contributed by atoms with Gasteiger partial charge in [0, 0.05) is 18.3 Å². The van der Waals surface area contributed by atoms with E-state index in [0.717, 1.165) is 37.2 Å². The van der Waals surface area contributed by atoms with Gasteiger partial charge in [0.2, 0.25) is 0 Å². The summed E-state index contributed by atoms with van der Waals surface area (Å²) >= 11 is 1.55. The SMILES string of the molecule is O=C(NCC1CC=CCC1)c1csc(Cc2ccccc2)n1. The van der Waals surface area contributed by atoms with Gasteiger partial charge in [-0.1, -0.05) is 42.5 Å². The molecule has 1 heterocycles. The van der Waals surface area contributed by atoms with Gasteiger partial charge in [-0.05, 0) is 30.7 Å². The zero-order valence-corrected chi connectivity index (χ0v) is 13.3. The molecule has 1 amide bonds. The van der Waals surface area contributed by atoms with Crippen LogP contribution >= 0.6 is 11.3 Å². The maximum atomic E-state index is 12.2. The molecule has 1 unspecified atom stereocenters. The largest absolute Gasteiger partial charge is 0.350 e. The summed E-state index contributed by atoms with van der Waals surface area (Å²) in [6, 6.07) is 10.2. The van der Waals surface area contributed by atoms with E-state index in [4.69, 9.17) is 0 Å². The molecule has 1 aromatic carbocycles. The molecule has 1 atom stereocenters. The fourth-order valence-corrected chi connectivity index (χ4v) is 3.44. The van der Waals surface area contributed by atoms with Crippen molar-refractivity contribution in [2.75, 3.05) is 6.54 Å². The highest BCUT2D eigenvalue weighted by atomic mass is 32.1. The van der Waals surface area contributed by atoms with Crippen LogP contribution in [0.3, 0.4) is 0 Å². The zero-order valence-electron chi connectivity index (χ0n) is 12.5. The Bertz CT molecular complexity index is 648. The maximum Gasteiger partial charge on any atom is 0.270 e. The van der Waals surface area contributed by atoms with Crippen molar-refractivity contribution in [3.05, 3.63) is 64.1 Å². The summed E-state index contributed by atoms with van der Waals surface area (Å²) in [6.45, 7) is 0.745. The summed E-state index contributed by atoms with van der Waals surface area (Å²) < 4.78 is 0. The fraction of sp³-hybridized carbons (Fsp3) is 0.333. The smallest absolute Gasteiger partial charge is 0.270 e. The minimum Gasteiger partial charge on any atom is -0.350 e. The first kappa shape index (κ1) is 15.0. The van der Waals surface area contributed by atoms with Crippen LogP contribution in [-0.2, 0) is 6.42 Å². The van der Waals surface area contributed by atoms with Gasteiger partial charge in [-0.2, -0.15) is 0 Å². The minimum absolute atomic E-state index is 0.0508. The van der Waals surface area contributed by atoms with Crippen LogP contribution in [0, 0.1) is 5.92 Å². The average molecular weight is 312 g/mol. The van der Waals surface area contributed by atoms with E-state index >= 15 is 0 Å². The minimum atomic E-state index is -0.0508. The van der Waals surface area contributed by atoms with Gasteiger partial charge in [-0.15, -0.1) is 11.3 Å². The summed E-state index contributed by atoms with van der Waals surface area (Å²) in [4.78, 5) is 16.6. The monoisotopic (exact) mass is 312 g/mol. The zero-order chi connectivity index (χ0) is 15.2. The molecular formula is C18H20N2OS. The Kier molecular flexibility index (Phi) is 5.01. The second-order valence-corrected chi connectivity index (χ2v) is 6.59. The Labute approximate surface area is 135 Å². The molecule has 0 aliphatic heterocycles. The van der Waals surface area contributed by atoms with Crippen LogP contribution in [0.15, 0.2) is 47.9 Å². The third kappa shape index (κ3) is 4.04. The molecule has 0 radical (unpaired) electrons. The lowest BCUT2D eigenvalue weighted by Crippen LogP contribution is -2.29. The third-order valence-electron chi connectivity index (χ3n) is 3.91. The molecule has 0 saturated carbocycles. The molecule has 1 aromatic heterocycles. The van der Waals surface area contributed by atoms with Crippen molar-refractivity contribution in [1.82, 2.24) is 10.3 Å². The Morgan fingerprint density at radius 2 is 2.14 bits per heavy atom. The van der Waals surface area contributed by atoms with Crippen molar-refractivity contribution >= 4 is 17.2 Å². The van der Waals surface area contributed by atoms with Gasteiger partial charge in [-0.3, -0.25) is 4.79 Å². The van der Waals surface area contributed by atoms with Gasteiger partial charge < -0.3 is 5.32 Å². The molecule has 0 fully saturated rings. The number of thiazole rings is 1. The molecule has 0 saturated heterocycles. The second-order valence-electron chi connectivity index (χ2n) is 5.65. The molecule has 0 spiro atoms. The van der Waals surface area contributed by atoms with E-state index < -0.39 is 0 Å². The van der Waals surface area contributed by atoms with E-state index in [0.29, 0.717) is 11.6 Å². The first-order chi connectivity index (χ1) is 10.8. The summed E-state index contributed by atoms with van der Waals surface area (Å²) in [5.41, 5.74) is 1.76. The highest BCUT2D eigenvalue weighted by Gasteiger charge is 2.14. The third-order valence-corrected chi connectivity index (χ3v) is 4.76. The average Bonchev–Trinajstić information content (AvgIpc) is 3.03. The number of amides is 1. The van der Waals surface area contributed by atoms with Crippen LogP contribution in [0.2, 0.25) is 0 Å². The van der Waals surface area contributed by atoms with Gasteiger partial charge in [0.1, 0.15) is 5.69 Å². The van der Waals surface area contributed by atoms with Crippen LogP contribution in [0.25, 0.3) is 0 Å². The van der Waals surface area contributed by atoms with Crippen molar-refractivity contribution in [3.8, 4) is 0 Å². The van der Waals surface area contributed by atoms with Gasteiger partial charge >= 0.3 is 0 Å². The molecule has 22 heavy (non-hydrogen) atoms. The standard InChI is InChI=1S/C18H20N2OS/c21-18(19-12-15-9-5-2-6-10-15)16-13-22-17(20-16)11-14-7-3-1-4-8-14/h1-5,7-8,13,15H,6,9-12H2,(H,19,21). The summed E-state index contributed by atoms with van der Waals surface area (Å²) in [5.74, 6) is 0.515. The van der Waals surface area contributed by atoms with Gasteiger partial charge in [0.05, 0.1) is 5.01 Å². The summed E-state index contributed by atoms with van der Waals surface area (Å²) in [6.07, 6.45) is 8.56. The van der Waals surface area contributed by atoms with E-state index in [1.54, 1.807) is 11.3 Å². The quantitative estimate of drug-likeness (QED) is 0.853. The Morgan fingerprint density at radius 1 is 1.27 bits per heavy atom. The lowest BCUT2D eigenvalue weighted by atomic mass is 9.94. The van der Waals surface area contributed by atoms with Crippen LogP contribution in [-0.4, -0.2) is 17.4 Å². The van der Waals surface area contributed by atoms with Gasteiger partial charge in [0.25, 0.3) is 5.91 Å². The Morgan fingerprint density at radius 3 is 2.91 bits per heavy atom. The van der Waals surface area contributed by atoms with Crippen molar-refractivity contribution < 1.29 is 4.79 Å². The Balaban J connectivity index is 1.54. The molecule has 2 aromatic rings. The molecule has 1 aliphatic rings. The molecule has 1 aliphatic carbocycles. The van der Waals surface area contributed by atoms with Crippen LogP contribution in [0.5, 0.6) is 0 Å². The van der Waals surface area contributed by atoms with Crippen LogP contribution in [0.1, 0.15) is 40.3 Å². The van der Waals surface area contributed by atoms with Crippen molar-refractivity contribution in [2.24, 2.45) is 5.92 Å². The van der Waals surface area contributed by atoms with E-state index in [9.17, 15) is 4.79 Å². The summed E-state index contributed by atoms with van der Waals surface area (Å²) in [7, 11) is 0. The van der Waals surface area contributed by atoms with Gasteiger partial charge in [-0.25, -0.2) is 4.98 Å². The van der Waals surface area contributed by atoms with E-state index in [-0.39, 0.29) is 5.91 Å². The normalized spacial score (nSPS) is 17.4. The number of allylic oxidation sites excluding steroid dienone is 2. The number of aromatic nitrogens is 1. The van der Waals surface area contributed by atoms with E-state index in [2.05, 4.69) is 34.6 Å². The number of rotatable bonds is 5. The predicted octanol–water partition coefficient (Wildman–Crippen LogP) is 3.82. The lowest BCUT2D eigenvalue weighted by molar-refractivity contribution is 0.0942. The number of carbonyl (C=O) groups is 1. The maximum absolute atomic E-state index is 12.2. The molecule has 3 nitrogen and oxygen atoms in total. The van der Waals surface area contributed by atoms with E-state index in [1.807, 2.05) is 23.6 Å². The molecule has 4 heteroatoms. The first-order valence-corrected chi connectivity index (χ1v) is 8.61. The fourth-order valence-electron chi connectivity index (χ4n) is 2.64. The molecule has 1 N–H and O–H groups in total. The highest BCUT2D eigenvalue weighted by molar-refractivity contribution is 7.09.